The number of aromatic nitrogens is 1. The number of carbonyl (C=O) groups is 1. The van der Waals surface area contributed by atoms with Crippen LogP contribution < -0.4 is 10.3 Å². The number of hydrogen-bond acceptors (Lipinski definition) is 6. The van der Waals surface area contributed by atoms with Crippen LogP contribution in [0.15, 0.2) is 10.5 Å². The number of morpholine rings is 1. The molecule has 0 spiro atoms. The van der Waals surface area contributed by atoms with Crippen molar-refractivity contribution in [3.63, 3.8) is 0 Å². The van der Waals surface area contributed by atoms with E-state index in [0.29, 0.717) is 5.92 Å². The van der Waals surface area contributed by atoms with Gasteiger partial charge in [-0.15, -0.1) is 11.3 Å². The molecule has 1 atom stereocenters. The van der Waals surface area contributed by atoms with Crippen molar-refractivity contribution < 1.29 is 9.53 Å². The lowest BCUT2D eigenvalue weighted by molar-refractivity contribution is -0.120. The van der Waals surface area contributed by atoms with Crippen LogP contribution in [0.25, 0.3) is 0 Å². The van der Waals surface area contributed by atoms with Crippen molar-refractivity contribution in [2.45, 2.75) is 39.0 Å². The Bertz CT molecular complexity index is 566. The molecule has 2 aliphatic rings. The van der Waals surface area contributed by atoms with Gasteiger partial charge in [0.1, 0.15) is 0 Å². The van der Waals surface area contributed by atoms with Crippen molar-refractivity contribution in [1.29, 1.82) is 0 Å². The van der Waals surface area contributed by atoms with Crippen molar-refractivity contribution in [3.8, 4) is 0 Å². The first-order valence-corrected chi connectivity index (χ1v) is 9.20. The first-order chi connectivity index (χ1) is 11.2. The molecule has 1 aromatic heterocycles. The highest BCUT2D eigenvalue weighted by Crippen LogP contribution is 2.22. The molecule has 23 heavy (non-hydrogen) atoms. The average Bonchev–Trinajstić information content (AvgIpc) is 3.02. The Balaban J connectivity index is 1.50. The second kappa shape index (κ2) is 7.88. The number of amides is 1. The number of hydrogen-bond donors (Lipinski definition) is 1. The third-order valence-corrected chi connectivity index (χ3v) is 5.20. The monoisotopic (exact) mass is 336 g/mol. The average molecular weight is 336 g/mol. The van der Waals surface area contributed by atoms with Gasteiger partial charge in [0.05, 0.1) is 25.3 Å². The predicted molar refractivity (Wildman–Crippen MR) is 92.1 cm³/mol. The normalized spacial score (nSPS) is 24.0. The molecular weight excluding hydrogens is 312 g/mol. The fourth-order valence-corrected chi connectivity index (χ4v) is 3.86. The summed E-state index contributed by atoms with van der Waals surface area (Å²) in [6.45, 7) is 5.45. The van der Waals surface area contributed by atoms with Gasteiger partial charge in [0.2, 0.25) is 5.91 Å². The lowest BCUT2D eigenvalue weighted by atomic mass is 9.89. The molecule has 0 bridgehead atoms. The summed E-state index contributed by atoms with van der Waals surface area (Å²) in [5.74, 6) is 0.587. The second-order valence-electron chi connectivity index (χ2n) is 6.31. The smallest absolute Gasteiger partial charge is 0.246 e. The number of anilines is 1. The van der Waals surface area contributed by atoms with Gasteiger partial charge in [0, 0.05) is 24.2 Å². The van der Waals surface area contributed by atoms with Crippen LogP contribution in [0.3, 0.4) is 0 Å². The van der Waals surface area contributed by atoms with E-state index in [0.717, 1.165) is 55.7 Å². The second-order valence-corrected chi connectivity index (χ2v) is 7.15. The first kappa shape index (κ1) is 16.4. The van der Waals surface area contributed by atoms with Crippen LogP contribution in [0.5, 0.6) is 0 Å². The van der Waals surface area contributed by atoms with Crippen LogP contribution in [0.4, 0.5) is 5.13 Å². The molecule has 1 aliphatic heterocycles. The van der Waals surface area contributed by atoms with Crippen LogP contribution in [-0.2, 0) is 16.0 Å². The topological polar surface area (TPSA) is 66.8 Å². The highest BCUT2D eigenvalue weighted by molar-refractivity contribution is 7.13. The summed E-state index contributed by atoms with van der Waals surface area (Å²) < 4.78 is 5.35. The molecule has 126 valence electrons. The van der Waals surface area contributed by atoms with Gasteiger partial charge < -0.3 is 9.64 Å². The van der Waals surface area contributed by atoms with Crippen LogP contribution >= 0.6 is 11.3 Å². The number of nitrogens with one attached hydrogen (secondary N) is 1. The van der Waals surface area contributed by atoms with Crippen molar-refractivity contribution in [3.05, 3.63) is 11.1 Å². The highest BCUT2D eigenvalue weighted by atomic mass is 32.1. The molecule has 2 fully saturated rings. The van der Waals surface area contributed by atoms with Crippen LogP contribution in [-0.4, -0.2) is 42.9 Å². The molecular formula is C16H24N4O2S. The number of hydrazone groups is 1. The third-order valence-electron chi connectivity index (χ3n) is 4.25. The largest absolute Gasteiger partial charge is 0.378 e. The van der Waals surface area contributed by atoms with E-state index in [1.807, 2.05) is 5.38 Å². The lowest BCUT2D eigenvalue weighted by Crippen LogP contribution is -2.36. The van der Waals surface area contributed by atoms with E-state index in [1.54, 1.807) is 11.3 Å². The van der Waals surface area contributed by atoms with Crippen LogP contribution in [0.1, 0.15) is 38.3 Å². The maximum atomic E-state index is 12.0. The van der Waals surface area contributed by atoms with E-state index in [-0.39, 0.29) is 12.3 Å². The molecule has 0 unspecified atom stereocenters. The Morgan fingerprint density at radius 3 is 3.13 bits per heavy atom. The minimum absolute atomic E-state index is 0.0884. The summed E-state index contributed by atoms with van der Waals surface area (Å²) >= 11 is 1.59. The molecule has 3 rings (SSSR count). The SMILES string of the molecule is C[C@H]1CCC/C(=N\NC(=O)Cc2csc(N3CCOCC3)n2)C1. The summed E-state index contributed by atoms with van der Waals surface area (Å²) in [6.07, 6.45) is 4.72. The number of carbonyl (C=O) groups excluding carboxylic acids is 1. The van der Waals surface area contributed by atoms with Gasteiger partial charge in [-0.25, -0.2) is 10.4 Å². The maximum absolute atomic E-state index is 12.0. The molecule has 7 heteroatoms. The molecule has 1 aliphatic carbocycles. The minimum Gasteiger partial charge on any atom is -0.378 e. The minimum atomic E-state index is -0.0884. The van der Waals surface area contributed by atoms with E-state index in [4.69, 9.17) is 4.74 Å². The molecule has 1 saturated heterocycles. The van der Waals surface area contributed by atoms with Crippen molar-refractivity contribution in [2.75, 3.05) is 31.2 Å². The van der Waals surface area contributed by atoms with Crippen molar-refractivity contribution in [1.82, 2.24) is 10.4 Å². The van der Waals surface area contributed by atoms with Crippen LogP contribution in [0.2, 0.25) is 0 Å². The van der Waals surface area contributed by atoms with Crippen molar-refractivity contribution >= 4 is 28.1 Å². The fourth-order valence-electron chi connectivity index (χ4n) is 2.99. The van der Waals surface area contributed by atoms with Gasteiger partial charge in [0.25, 0.3) is 0 Å². The van der Waals surface area contributed by atoms with Crippen molar-refractivity contribution in [2.24, 2.45) is 11.0 Å². The maximum Gasteiger partial charge on any atom is 0.246 e. The fraction of sp³-hybridized carbons (Fsp3) is 0.688. The lowest BCUT2D eigenvalue weighted by Gasteiger charge is -2.26. The van der Waals surface area contributed by atoms with Gasteiger partial charge in [-0.2, -0.15) is 5.10 Å². The standard InChI is InChI=1S/C16H24N4O2S/c1-12-3-2-4-13(9-12)18-19-15(21)10-14-11-23-16(17-14)20-5-7-22-8-6-20/h11-12H,2-10H2,1H3,(H,19,21)/b18-13+/t12-/m0/s1. The molecule has 2 heterocycles. The molecule has 1 amide bonds. The van der Waals surface area contributed by atoms with Gasteiger partial charge in [-0.1, -0.05) is 6.92 Å². The summed E-state index contributed by atoms with van der Waals surface area (Å²) in [6, 6.07) is 0. The first-order valence-electron chi connectivity index (χ1n) is 8.32. The Kier molecular flexibility index (Phi) is 5.61. The Morgan fingerprint density at radius 1 is 1.52 bits per heavy atom. The molecule has 1 N–H and O–H groups in total. The number of thiazole rings is 1. The zero-order chi connectivity index (χ0) is 16.1. The summed E-state index contributed by atoms with van der Waals surface area (Å²) in [5.41, 5.74) is 4.62. The molecule has 0 aromatic carbocycles. The molecule has 0 radical (unpaired) electrons. The van der Waals surface area contributed by atoms with Gasteiger partial charge >= 0.3 is 0 Å². The highest BCUT2D eigenvalue weighted by Gasteiger charge is 2.17. The van der Waals surface area contributed by atoms with E-state index < -0.39 is 0 Å². The third kappa shape index (κ3) is 4.75. The number of ether oxygens (including phenoxy) is 1. The van der Waals surface area contributed by atoms with Gasteiger partial charge in [-0.05, 0) is 31.6 Å². The van der Waals surface area contributed by atoms with E-state index in [1.165, 1.54) is 12.8 Å². The molecule has 6 nitrogen and oxygen atoms in total. The van der Waals surface area contributed by atoms with E-state index in [9.17, 15) is 4.79 Å². The molecule has 1 aromatic rings. The number of nitrogens with zero attached hydrogens (tertiary/aromatic N) is 3. The predicted octanol–water partition coefficient (Wildman–Crippen LogP) is 2.20. The quantitative estimate of drug-likeness (QED) is 0.856. The van der Waals surface area contributed by atoms with Gasteiger partial charge in [-0.3, -0.25) is 4.79 Å². The Hall–Kier alpha value is -1.47. The Labute approximate surface area is 140 Å². The summed E-state index contributed by atoms with van der Waals surface area (Å²) in [5, 5.41) is 7.23. The van der Waals surface area contributed by atoms with Gasteiger partial charge in [0.15, 0.2) is 5.13 Å². The summed E-state index contributed by atoms with van der Waals surface area (Å²) in [7, 11) is 0. The van der Waals surface area contributed by atoms with E-state index >= 15 is 0 Å². The van der Waals surface area contributed by atoms with E-state index in [2.05, 4.69) is 27.3 Å². The zero-order valence-corrected chi connectivity index (χ0v) is 14.4. The summed E-state index contributed by atoms with van der Waals surface area (Å²) in [4.78, 5) is 18.8. The number of rotatable bonds is 4. The Morgan fingerprint density at radius 2 is 2.35 bits per heavy atom. The molecule has 1 saturated carbocycles. The van der Waals surface area contributed by atoms with Crippen LogP contribution in [0, 0.1) is 5.92 Å². The zero-order valence-electron chi connectivity index (χ0n) is 13.6.